The molecule has 0 amide bonds. The van der Waals surface area contributed by atoms with Crippen LogP contribution in [0.15, 0.2) is 0 Å². The van der Waals surface area contributed by atoms with Crippen LogP contribution in [0.2, 0.25) is 0 Å². The van der Waals surface area contributed by atoms with Crippen LogP contribution in [0.5, 0.6) is 0 Å². The summed E-state index contributed by atoms with van der Waals surface area (Å²) in [6.07, 6.45) is 18.5. The Balaban J connectivity index is 2.48. The molecule has 0 N–H and O–H groups in total. The highest BCUT2D eigenvalue weighted by Gasteiger charge is 2.45. The molecule has 0 bridgehead atoms. The highest BCUT2D eigenvalue weighted by Crippen LogP contribution is 2.49. The fraction of sp³-hybridized carbons (Fsp3) is 0.935. The van der Waals surface area contributed by atoms with Gasteiger partial charge in [0.15, 0.2) is 0 Å². The van der Waals surface area contributed by atoms with E-state index in [2.05, 4.69) is 6.92 Å². The first-order valence-electron chi connectivity index (χ1n) is 15.3. The zero-order valence-electron chi connectivity index (χ0n) is 25.3. The van der Waals surface area contributed by atoms with Crippen molar-refractivity contribution in [1.82, 2.24) is 0 Å². The Bertz CT molecular complexity index is 644. The van der Waals surface area contributed by atoms with E-state index < -0.39 is 11.2 Å². The van der Waals surface area contributed by atoms with Crippen molar-refractivity contribution >= 4 is 11.9 Å². The van der Waals surface area contributed by atoms with Gasteiger partial charge in [-0.3, -0.25) is 9.78 Å². The van der Waals surface area contributed by atoms with Crippen LogP contribution in [0.1, 0.15) is 164 Å². The Morgan fingerprint density at radius 2 is 1.27 bits per heavy atom. The minimum absolute atomic E-state index is 0.0419. The largest absolute Gasteiger partial charge is 0.345 e. The summed E-state index contributed by atoms with van der Waals surface area (Å²) >= 11 is 0. The molecule has 0 radical (unpaired) electrons. The van der Waals surface area contributed by atoms with Crippen molar-refractivity contribution in [2.24, 2.45) is 11.3 Å². The van der Waals surface area contributed by atoms with Gasteiger partial charge >= 0.3 is 11.9 Å². The minimum Gasteiger partial charge on any atom is -0.298 e. The van der Waals surface area contributed by atoms with Crippen molar-refractivity contribution in [2.75, 3.05) is 0 Å². The van der Waals surface area contributed by atoms with E-state index in [9.17, 15) is 9.59 Å². The molecular formula is C31H58O6. The molecule has 0 aliphatic heterocycles. The van der Waals surface area contributed by atoms with Crippen LogP contribution in [0.4, 0.5) is 0 Å². The van der Waals surface area contributed by atoms with Gasteiger partial charge in [0.05, 0.1) is 5.92 Å². The molecule has 0 aromatic carbocycles. The highest BCUT2D eigenvalue weighted by atomic mass is 17.2. The van der Waals surface area contributed by atoms with E-state index >= 15 is 0 Å². The van der Waals surface area contributed by atoms with E-state index in [1.807, 2.05) is 41.5 Å². The van der Waals surface area contributed by atoms with E-state index in [0.29, 0.717) is 6.42 Å². The topological polar surface area (TPSA) is 71.1 Å². The van der Waals surface area contributed by atoms with Gasteiger partial charge in [0.2, 0.25) is 0 Å². The summed E-state index contributed by atoms with van der Waals surface area (Å²) in [5.74, 6) is -0.496. The molecule has 0 aromatic rings. The maximum Gasteiger partial charge on any atom is 0.345 e. The smallest absolute Gasteiger partial charge is 0.298 e. The van der Waals surface area contributed by atoms with Gasteiger partial charge in [0.1, 0.15) is 11.2 Å². The Labute approximate surface area is 227 Å². The summed E-state index contributed by atoms with van der Waals surface area (Å²) in [5.41, 5.74) is -0.845. The normalized spacial score (nSPS) is 20.6. The molecule has 1 aliphatic carbocycles. The lowest BCUT2D eigenvalue weighted by atomic mass is 9.61. The average molecular weight is 527 g/mol. The third kappa shape index (κ3) is 13.5. The lowest BCUT2D eigenvalue weighted by molar-refractivity contribution is -0.330. The second-order valence-electron chi connectivity index (χ2n) is 12.5. The van der Waals surface area contributed by atoms with E-state index in [0.717, 1.165) is 83.5 Å². The van der Waals surface area contributed by atoms with Crippen molar-refractivity contribution in [2.45, 2.75) is 175 Å². The summed E-state index contributed by atoms with van der Waals surface area (Å²) in [7, 11) is 0. The third-order valence-corrected chi connectivity index (χ3v) is 8.44. The SMILES string of the molecule is CCCCCC1(CCCCCCCCC(=O)OOC(C)(C)CC)CCCCC1C(=O)OOC(C)(C)CC. The first-order valence-corrected chi connectivity index (χ1v) is 15.3. The molecule has 1 rings (SSSR count). The molecule has 6 heteroatoms. The molecule has 0 saturated heterocycles. The van der Waals surface area contributed by atoms with Crippen LogP contribution >= 0.6 is 0 Å². The molecule has 0 aromatic heterocycles. The first kappa shape index (κ1) is 33.9. The summed E-state index contributed by atoms with van der Waals surface area (Å²) < 4.78 is 0. The minimum atomic E-state index is -0.453. The van der Waals surface area contributed by atoms with Crippen molar-refractivity contribution in [3.05, 3.63) is 0 Å². The molecule has 0 spiro atoms. The number of rotatable bonds is 20. The number of hydrogen-bond donors (Lipinski definition) is 0. The standard InChI is InChI=1S/C31H58O6/c1-8-11-18-23-31(25-20-17-21-26(31)28(33)35-37-30(6,7)10-3)24-19-15-13-12-14-16-22-27(32)34-36-29(4,5)9-2/h26H,8-25H2,1-7H3. The molecule has 2 atom stereocenters. The van der Waals surface area contributed by atoms with Crippen molar-refractivity contribution in [1.29, 1.82) is 0 Å². The predicted molar refractivity (Wildman–Crippen MR) is 149 cm³/mol. The lowest BCUT2D eigenvalue weighted by Crippen LogP contribution is -2.41. The van der Waals surface area contributed by atoms with Gasteiger partial charge in [0, 0.05) is 6.42 Å². The second-order valence-corrected chi connectivity index (χ2v) is 12.5. The maximum atomic E-state index is 13.2. The average Bonchev–Trinajstić information content (AvgIpc) is 2.88. The molecule has 0 heterocycles. The summed E-state index contributed by atoms with van der Waals surface area (Å²) in [6, 6.07) is 0. The third-order valence-electron chi connectivity index (χ3n) is 8.44. The van der Waals surface area contributed by atoms with E-state index in [-0.39, 0.29) is 23.3 Å². The van der Waals surface area contributed by atoms with Crippen molar-refractivity contribution in [3.8, 4) is 0 Å². The van der Waals surface area contributed by atoms with Gasteiger partial charge in [-0.15, -0.1) is 0 Å². The molecule has 6 nitrogen and oxygen atoms in total. The van der Waals surface area contributed by atoms with Gasteiger partial charge in [-0.05, 0) is 78.1 Å². The molecule has 1 saturated carbocycles. The quantitative estimate of drug-likeness (QED) is 0.0894. The molecule has 2 unspecified atom stereocenters. The van der Waals surface area contributed by atoms with Crippen LogP contribution < -0.4 is 0 Å². The summed E-state index contributed by atoms with van der Waals surface area (Å²) in [6.45, 7) is 14.0. The van der Waals surface area contributed by atoms with Gasteiger partial charge in [-0.1, -0.05) is 85.0 Å². The fourth-order valence-corrected chi connectivity index (χ4v) is 5.11. The van der Waals surface area contributed by atoms with Gasteiger partial charge in [-0.2, -0.15) is 9.78 Å². The van der Waals surface area contributed by atoms with E-state index in [4.69, 9.17) is 19.6 Å². The Morgan fingerprint density at radius 3 is 1.86 bits per heavy atom. The van der Waals surface area contributed by atoms with Crippen LogP contribution in [0.3, 0.4) is 0 Å². The Kier molecular flexibility index (Phi) is 16.0. The predicted octanol–water partition coefficient (Wildman–Crippen LogP) is 9.19. The van der Waals surface area contributed by atoms with Gasteiger partial charge < -0.3 is 0 Å². The Morgan fingerprint density at radius 1 is 0.730 bits per heavy atom. The molecule has 37 heavy (non-hydrogen) atoms. The molecular weight excluding hydrogens is 468 g/mol. The van der Waals surface area contributed by atoms with Crippen LogP contribution in [0, 0.1) is 11.3 Å². The molecule has 218 valence electrons. The monoisotopic (exact) mass is 526 g/mol. The zero-order chi connectivity index (χ0) is 27.8. The van der Waals surface area contributed by atoms with E-state index in [1.54, 1.807) is 0 Å². The van der Waals surface area contributed by atoms with Crippen molar-refractivity contribution < 1.29 is 29.1 Å². The highest BCUT2D eigenvalue weighted by molar-refractivity contribution is 5.73. The Hall–Kier alpha value is -1.14. The zero-order valence-corrected chi connectivity index (χ0v) is 25.3. The van der Waals surface area contributed by atoms with Gasteiger partial charge in [0.25, 0.3) is 0 Å². The van der Waals surface area contributed by atoms with Crippen molar-refractivity contribution in [3.63, 3.8) is 0 Å². The molecule has 1 fully saturated rings. The number of carbonyl (C=O) groups excluding carboxylic acids is 2. The lowest BCUT2D eigenvalue weighted by Gasteiger charge is -2.43. The fourth-order valence-electron chi connectivity index (χ4n) is 5.11. The van der Waals surface area contributed by atoms with Crippen LogP contribution in [-0.4, -0.2) is 23.1 Å². The van der Waals surface area contributed by atoms with Crippen LogP contribution in [-0.2, 0) is 29.1 Å². The van der Waals surface area contributed by atoms with Crippen LogP contribution in [0.25, 0.3) is 0 Å². The number of unbranched alkanes of at least 4 members (excludes halogenated alkanes) is 7. The van der Waals surface area contributed by atoms with E-state index in [1.165, 1.54) is 25.7 Å². The second kappa shape index (κ2) is 17.4. The van der Waals surface area contributed by atoms with Gasteiger partial charge in [-0.25, -0.2) is 9.59 Å². The first-order chi connectivity index (χ1) is 17.5. The maximum absolute atomic E-state index is 13.2. The number of carbonyl (C=O) groups is 2. The summed E-state index contributed by atoms with van der Waals surface area (Å²) in [5, 5.41) is 0. The number of hydrogen-bond acceptors (Lipinski definition) is 6. The summed E-state index contributed by atoms with van der Waals surface area (Å²) in [4.78, 5) is 46.2. The molecule has 1 aliphatic rings.